The predicted octanol–water partition coefficient (Wildman–Crippen LogP) is 2.03. The zero-order chi connectivity index (χ0) is 16.4. The molecular formula is C14H16F3N5O. The van der Waals surface area contributed by atoms with E-state index < -0.39 is 11.9 Å². The van der Waals surface area contributed by atoms with E-state index >= 15 is 0 Å². The van der Waals surface area contributed by atoms with Crippen molar-refractivity contribution in [3.05, 3.63) is 36.2 Å². The van der Waals surface area contributed by atoms with Crippen LogP contribution in [0.3, 0.4) is 0 Å². The number of carbonyl (C=O) groups is 1. The Morgan fingerprint density at radius 2 is 2.09 bits per heavy atom. The van der Waals surface area contributed by atoms with Gasteiger partial charge in [-0.3, -0.25) is 9.48 Å². The Bertz CT molecular complexity index is 656. The molecule has 3 rings (SSSR count). The van der Waals surface area contributed by atoms with E-state index in [0.29, 0.717) is 31.8 Å². The number of piperidine rings is 1. The molecular weight excluding hydrogens is 311 g/mol. The number of aromatic nitrogens is 4. The van der Waals surface area contributed by atoms with Gasteiger partial charge >= 0.3 is 6.18 Å². The Hall–Kier alpha value is -2.32. The highest BCUT2D eigenvalue weighted by molar-refractivity contribution is 5.76. The predicted molar refractivity (Wildman–Crippen MR) is 74.4 cm³/mol. The number of nitrogens with one attached hydrogen (secondary N) is 1. The molecule has 23 heavy (non-hydrogen) atoms. The molecule has 1 amide bonds. The van der Waals surface area contributed by atoms with E-state index in [0.717, 1.165) is 6.20 Å². The summed E-state index contributed by atoms with van der Waals surface area (Å²) in [5, 5.41) is 3.99. The highest BCUT2D eigenvalue weighted by Crippen LogP contribution is 2.31. The third kappa shape index (κ3) is 3.54. The van der Waals surface area contributed by atoms with Crippen LogP contribution in [0.2, 0.25) is 0 Å². The zero-order valence-corrected chi connectivity index (χ0v) is 12.3. The minimum atomic E-state index is -4.41. The number of likely N-dealkylation sites (tertiary alicyclic amines) is 1. The molecule has 0 aromatic carbocycles. The summed E-state index contributed by atoms with van der Waals surface area (Å²) < 4.78 is 39.3. The second-order valence-electron chi connectivity index (χ2n) is 5.54. The highest BCUT2D eigenvalue weighted by atomic mass is 19.4. The number of imidazole rings is 1. The lowest BCUT2D eigenvalue weighted by atomic mass is 9.96. The van der Waals surface area contributed by atoms with Crippen LogP contribution in [0.4, 0.5) is 13.2 Å². The maximum absolute atomic E-state index is 12.6. The molecule has 6 nitrogen and oxygen atoms in total. The first-order valence-corrected chi connectivity index (χ1v) is 7.31. The number of H-pyrrole nitrogens is 1. The molecule has 0 radical (unpaired) electrons. The van der Waals surface area contributed by atoms with E-state index in [1.807, 2.05) is 0 Å². The van der Waals surface area contributed by atoms with E-state index in [4.69, 9.17) is 0 Å². The first kappa shape index (κ1) is 15.6. The van der Waals surface area contributed by atoms with E-state index in [1.165, 1.54) is 0 Å². The molecule has 0 bridgehead atoms. The van der Waals surface area contributed by atoms with Crippen LogP contribution in [-0.4, -0.2) is 43.6 Å². The van der Waals surface area contributed by atoms with Crippen LogP contribution in [-0.2, 0) is 17.5 Å². The molecule has 124 valence electrons. The average molecular weight is 327 g/mol. The summed E-state index contributed by atoms with van der Waals surface area (Å²) in [6, 6.07) is 1.74. The van der Waals surface area contributed by atoms with Crippen molar-refractivity contribution in [2.45, 2.75) is 31.5 Å². The van der Waals surface area contributed by atoms with Gasteiger partial charge in [-0.15, -0.1) is 0 Å². The van der Waals surface area contributed by atoms with Crippen molar-refractivity contribution >= 4 is 5.91 Å². The maximum Gasteiger partial charge on any atom is 0.432 e. The van der Waals surface area contributed by atoms with Gasteiger partial charge in [0.2, 0.25) is 5.91 Å². The molecule has 1 N–H and O–H groups in total. The Morgan fingerprint density at radius 1 is 1.35 bits per heavy atom. The van der Waals surface area contributed by atoms with Crippen molar-refractivity contribution in [2.75, 3.05) is 13.1 Å². The van der Waals surface area contributed by atoms with E-state index in [2.05, 4.69) is 15.1 Å². The molecule has 0 aliphatic carbocycles. The van der Waals surface area contributed by atoms with Gasteiger partial charge in [0.05, 0.1) is 6.20 Å². The van der Waals surface area contributed by atoms with Crippen molar-refractivity contribution in [3.63, 3.8) is 0 Å². The molecule has 1 aliphatic heterocycles. The quantitative estimate of drug-likeness (QED) is 0.938. The average Bonchev–Trinajstić information content (AvgIpc) is 3.18. The topological polar surface area (TPSA) is 66.8 Å². The first-order chi connectivity index (χ1) is 10.9. The summed E-state index contributed by atoms with van der Waals surface area (Å²) in [6.45, 7) is 1.19. The van der Waals surface area contributed by atoms with Crippen LogP contribution in [0.5, 0.6) is 0 Å². The van der Waals surface area contributed by atoms with E-state index in [9.17, 15) is 18.0 Å². The third-order valence-electron chi connectivity index (χ3n) is 3.99. The Kier molecular flexibility index (Phi) is 4.10. The standard InChI is InChI=1S/C14H16F3N5O/c15-14(16,17)11-8-18-13(20-11)10-2-6-21(7-3-10)12(23)9-22-5-1-4-19-22/h1,4-5,8,10H,2-3,6-7,9H2,(H,18,20). The lowest BCUT2D eigenvalue weighted by molar-refractivity contribution is -0.141. The van der Waals surface area contributed by atoms with Gasteiger partial charge in [-0.25, -0.2) is 4.98 Å². The van der Waals surface area contributed by atoms with Crippen molar-refractivity contribution < 1.29 is 18.0 Å². The second kappa shape index (κ2) is 6.05. The summed E-state index contributed by atoms with van der Waals surface area (Å²) in [5.41, 5.74) is -0.829. The number of alkyl halides is 3. The minimum Gasteiger partial charge on any atom is -0.341 e. The summed E-state index contributed by atoms with van der Waals surface area (Å²) >= 11 is 0. The lowest BCUT2D eigenvalue weighted by Crippen LogP contribution is -2.40. The van der Waals surface area contributed by atoms with Gasteiger partial charge in [0.15, 0.2) is 0 Å². The van der Waals surface area contributed by atoms with Gasteiger partial charge in [0.25, 0.3) is 0 Å². The smallest absolute Gasteiger partial charge is 0.341 e. The molecule has 0 atom stereocenters. The Labute approximate surface area is 130 Å². The maximum atomic E-state index is 12.6. The second-order valence-corrected chi connectivity index (χ2v) is 5.54. The summed E-state index contributed by atoms with van der Waals surface area (Å²) in [6.07, 6.45) is 0.919. The molecule has 1 aliphatic rings. The van der Waals surface area contributed by atoms with E-state index in [-0.39, 0.29) is 18.4 Å². The van der Waals surface area contributed by atoms with Crippen LogP contribution in [0.15, 0.2) is 24.7 Å². The van der Waals surface area contributed by atoms with Gasteiger partial charge in [-0.05, 0) is 18.9 Å². The van der Waals surface area contributed by atoms with Gasteiger partial charge in [-0.1, -0.05) is 0 Å². The number of aromatic amines is 1. The molecule has 0 saturated carbocycles. The van der Waals surface area contributed by atoms with Crippen molar-refractivity contribution in [1.82, 2.24) is 24.6 Å². The van der Waals surface area contributed by atoms with E-state index in [1.54, 1.807) is 28.0 Å². The normalized spacial score (nSPS) is 16.7. The summed E-state index contributed by atoms with van der Waals surface area (Å²) in [4.78, 5) is 20.0. The minimum absolute atomic E-state index is 0.0393. The fraction of sp³-hybridized carbons (Fsp3) is 0.500. The number of hydrogen-bond acceptors (Lipinski definition) is 3. The van der Waals surface area contributed by atoms with Gasteiger partial charge in [0, 0.05) is 31.4 Å². The van der Waals surface area contributed by atoms with Gasteiger partial charge in [-0.2, -0.15) is 18.3 Å². The van der Waals surface area contributed by atoms with Crippen molar-refractivity contribution in [1.29, 1.82) is 0 Å². The fourth-order valence-corrected chi connectivity index (χ4v) is 2.72. The van der Waals surface area contributed by atoms with Crippen LogP contribution >= 0.6 is 0 Å². The van der Waals surface area contributed by atoms with Crippen LogP contribution in [0.1, 0.15) is 30.3 Å². The van der Waals surface area contributed by atoms with Gasteiger partial charge < -0.3 is 9.88 Å². The zero-order valence-electron chi connectivity index (χ0n) is 12.3. The van der Waals surface area contributed by atoms with Crippen LogP contribution in [0, 0.1) is 0 Å². The Balaban J connectivity index is 1.56. The molecule has 1 saturated heterocycles. The van der Waals surface area contributed by atoms with Crippen molar-refractivity contribution in [2.24, 2.45) is 0 Å². The highest BCUT2D eigenvalue weighted by Gasteiger charge is 2.34. The molecule has 0 spiro atoms. The number of rotatable bonds is 3. The molecule has 2 aromatic rings. The van der Waals surface area contributed by atoms with Crippen LogP contribution < -0.4 is 0 Å². The van der Waals surface area contributed by atoms with Crippen LogP contribution in [0.25, 0.3) is 0 Å². The molecule has 9 heteroatoms. The summed E-state index contributed by atoms with van der Waals surface area (Å²) in [5.74, 6) is 0.221. The Morgan fingerprint density at radius 3 is 2.65 bits per heavy atom. The molecule has 1 fully saturated rings. The van der Waals surface area contributed by atoms with Crippen molar-refractivity contribution in [3.8, 4) is 0 Å². The first-order valence-electron chi connectivity index (χ1n) is 7.31. The number of halogens is 3. The van der Waals surface area contributed by atoms with Gasteiger partial charge in [0.1, 0.15) is 18.1 Å². The lowest BCUT2D eigenvalue weighted by Gasteiger charge is -2.31. The molecule has 0 unspecified atom stereocenters. The molecule has 2 aromatic heterocycles. The number of nitrogens with zero attached hydrogens (tertiary/aromatic N) is 4. The number of carbonyl (C=O) groups excluding carboxylic acids is 1. The number of amides is 1. The summed E-state index contributed by atoms with van der Waals surface area (Å²) in [7, 11) is 0. The fourth-order valence-electron chi connectivity index (χ4n) is 2.72. The molecule has 3 heterocycles. The largest absolute Gasteiger partial charge is 0.432 e. The SMILES string of the molecule is O=C(Cn1cccn1)N1CCC(c2ncc(C(F)(F)F)[nH]2)CC1. The monoisotopic (exact) mass is 327 g/mol. The number of hydrogen-bond donors (Lipinski definition) is 1. The third-order valence-corrected chi connectivity index (χ3v) is 3.99.